The molecule has 0 radical (unpaired) electrons. The van der Waals surface area contributed by atoms with Crippen molar-refractivity contribution >= 4 is 28.5 Å². The summed E-state index contributed by atoms with van der Waals surface area (Å²) in [6.45, 7) is 3.37. The molecule has 0 saturated carbocycles. The second-order valence-corrected chi connectivity index (χ2v) is 9.72. The van der Waals surface area contributed by atoms with Crippen LogP contribution < -0.4 is 5.32 Å². The van der Waals surface area contributed by atoms with E-state index in [1.807, 2.05) is 11.8 Å². The Morgan fingerprint density at radius 3 is 2.70 bits per heavy atom. The molecule has 4 nitrogen and oxygen atoms in total. The summed E-state index contributed by atoms with van der Waals surface area (Å²) in [5, 5.41) is 7.31. The third kappa shape index (κ3) is 4.33. The van der Waals surface area contributed by atoms with Gasteiger partial charge in [-0.25, -0.2) is 9.97 Å². The molecule has 1 aliphatic heterocycles. The van der Waals surface area contributed by atoms with Gasteiger partial charge in [-0.1, -0.05) is 48.2 Å². The first-order chi connectivity index (χ1) is 14.8. The first kappa shape index (κ1) is 19.8. The lowest BCUT2D eigenvalue weighted by Gasteiger charge is -2.29. The molecule has 0 atom stereocenters. The van der Waals surface area contributed by atoms with E-state index in [1.54, 1.807) is 0 Å². The van der Waals surface area contributed by atoms with Gasteiger partial charge in [0.15, 0.2) is 0 Å². The predicted octanol–water partition coefficient (Wildman–Crippen LogP) is 5.41. The Morgan fingerprint density at radius 1 is 1.00 bits per heavy atom. The van der Waals surface area contributed by atoms with Crippen LogP contribution in [0.2, 0.25) is 0 Å². The molecule has 1 fully saturated rings. The molecule has 0 amide bonds. The minimum absolute atomic E-state index is 0.718. The van der Waals surface area contributed by atoms with Crippen LogP contribution in [-0.2, 0) is 12.8 Å². The summed E-state index contributed by atoms with van der Waals surface area (Å²) in [6.07, 6.45) is 7.15. The summed E-state index contributed by atoms with van der Waals surface area (Å²) < 4.78 is 0. The molecule has 5 heteroatoms. The number of hydrogen-bond donors (Lipinski definition) is 1. The number of anilines is 1. The van der Waals surface area contributed by atoms with Gasteiger partial charge in [-0.3, -0.25) is 0 Å². The number of nitrogens with one attached hydrogen (secondary N) is 1. The van der Waals surface area contributed by atoms with Crippen molar-refractivity contribution in [1.29, 1.82) is 0 Å². The summed E-state index contributed by atoms with van der Waals surface area (Å²) in [5.41, 5.74) is 2.62. The van der Waals surface area contributed by atoms with Crippen molar-refractivity contribution in [2.45, 2.75) is 48.4 Å². The number of aromatic nitrogens is 2. The Labute approximate surface area is 183 Å². The third-order valence-corrected chi connectivity index (χ3v) is 7.60. The van der Waals surface area contributed by atoms with E-state index in [0.717, 1.165) is 36.3 Å². The number of rotatable bonds is 5. The van der Waals surface area contributed by atoms with Crippen molar-refractivity contribution in [3.05, 3.63) is 53.7 Å². The fourth-order valence-corrected chi connectivity index (χ4v) is 5.74. The van der Waals surface area contributed by atoms with E-state index < -0.39 is 0 Å². The fourth-order valence-electron chi connectivity index (χ4n) is 4.61. The molecule has 3 aromatic rings. The van der Waals surface area contributed by atoms with E-state index in [0.29, 0.717) is 0 Å². The maximum atomic E-state index is 5.02. The highest BCUT2D eigenvalue weighted by atomic mass is 32.2. The second kappa shape index (κ2) is 8.94. The van der Waals surface area contributed by atoms with Gasteiger partial charge >= 0.3 is 0 Å². The summed E-state index contributed by atoms with van der Waals surface area (Å²) in [4.78, 5) is 13.6. The molecule has 2 heterocycles. The van der Waals surface area contributed by atoms with E-state index in [9.17, 15) is 0 Å². The lowest BCUT2D eigenvalue weighted by molar-refractivity contribution is 0.226. The number of aryl methyl sites for hydroxylation is 1. The Balaban J connectivity index is 1.41. The monoisotopic (exact) mass is 418 g/mol. The van der Waals surface area contributed by atoms with E-state index >= 15 is 0 Å². The largest absolute Gasteiger partial charge is 0.354 e. The van der Waals surface area contributed by atoms with Gasteiger partial charge in [0.25, 0.3) is 0 Å². The number of fused-ring (bicyclic) bond motifs is 2. The van der Waals surface area contributed by atoms with Crippen LogP contribution in [0.4, 0.5) is 5.95 Å². The Morgan fingerprint density at radius 2 is 1.80 bits per heavy atom. The molecular weight excluding hydrogens is 388 g/mol. The normalized spacial score (nSPS) is 17.8. The van der Waals surface area contributed by atoms with Crippen LogP contribution in [0.25, 0.3) is 10.8 Å². The quantitative estimate of drug-likeness (QED) is 0.561. The van der Waals surface area contributed by atoms with Crippen molar-refractivity contribution in [3.8, 4) is 0 Å². The first-order valence-electron chi connectivity index (χ1n) is 11.2. The molecular formula is C25H30N4S. The van der Waals surface area contributed by atoms with Gasteiger partial charge in [-0.15, -0.1) is 0 Å². The van der Waals surface area contributed by atoms with Crippen molar-refractivity contribution in [3.63, 3.8) is 0 Å². The van der Waals surface area contributed by atoms with Crippen molar-refractivity contribution < 1.29 is 0 Å². The van der Waals surface area contributed by atoms with Crippen molar-refractivity contribution in [2.75, 3.05) is 32.0 Å². The van der Waals surface area contributed by atoms with Gasteiger partial charge in [-0.05, 0) is 81.4 Å². The van der Waals surface area contributed by atoms with Gasteiger partial charge in [-0.2, -0.15) is 0 Å². The zero-order valence-electron chi connectivity index (χ0n) is 17.7. The molecule has 2 aliphatic rings. The molecule has 2 aromatic carbocycles. The summed E-state index contributed by atoms with van der Waals surface area (Å²) in [6, 6.07) is 15.2. The average molecular weight is 419 g/mol. The van der Waals surface area contributed by atoms with E-state index in [1.165, 1.54) is 65.7 Å². The van der Waals surface area contributed by atoms with Gasteiger partial charge in [0.2, 0.25) is 5.95 Å². The average Bonchev–Trinajstić information content (AvgIpc) is 2.79. The highest BCUT2D eigenvalue weighted by molar-refractivity contribution is 7.99. The lowest BCUT2D eigenvalue weighted by Crippen LogP contribution is -2.33. The highest BCUT2D eigenvalue weighted by Crippen LogP contribution is 2.37. The molecule has 0 bridgehead atoms. The molecule has 156 valence electrons. The lowest BCUT2D eigenvalue weighted by atomic mass is 9.97. The van der Waals surface area contributed by atoms with Gasteiger partial charge in [0.1, 0.15) is 5.03 Å². The minimum atomic E-state index is 0.718. The molecule has 0 unspecified atom stereocenters. The summed E-state index contributed by atoms with van der Waals surface area (Å²) in [7, 11) is 2.22. The van der Waals surface area contributed by atoms with Crippen LogP contribution in [-0.4, -0.2) is 41.5 Å². The standard InChI is InChI=1S/C25H30N4S/c1-29-15-13-18(14-16-29)17-26-25-27-22-11-5-4-10-21(22)24(28-25)30-23-12-6-8-19-7-2-3-9-20(19)23/h2-3,6-9,12,18H,4-5,10-11,13-17H2,1H3,(H,26,27,28). The summed E-state index contributed by atoms with van der Waals surface area (Å²) >= 11 is 1.81. The topological polar surface area (TPSA) is 41.0 Å². The predicted molar refractivity (Wildman–Crippen MR) is 125 cm³/mol. The SMILES string of the molecule is CN1CCC(CNc2nc3c(c(Sc4cccc5ccccc45)n2)CCCC3)CC1. The van der Waals surface area contributed by atoms with Crippen LogP contribution >= 0.6 is 11.8 Å². The van der Waals surface area contributed by atoms with Gasteiger partial charge in [0, 0.05) is 17.0 Å². The third-order valence-electron chi connectivity index (χ3n) is 6.49. The number of nitrogens with zero attached hydrogens (tertiary/aromatic N) is 3. The first-order valence-corrected chi connectivity index (χ1v) is 12.1. The zero-order valence-corrected chi connectivity index (χ0v) is 18.5. The molecule has 30 heavy (non-hydrogen) atoms. The van der Waals surface area contributed by atoms with Crippen LogP contribution in [0.1, 0.15) is 36.9 Å². The number of likely N-dealkylation sites (tertiary alicyclic amines) is 1. The van der Waals surface area contributed by atoms with Crippen LogP contribution in [0, 0.1) is 5.92 Å². The number of hydrogen-bond acceptors (Lipinski definition) is 5. The molecule has 5 rings (SSSR count). The van der Waals surface area contributed by atoms with E-state index in [-0.39, 0.29) is 0 Å². The van der Waals surface area contributed by atoms with Crippen molar-refractivity contribution in [2.24, 2.45) is 5.92 Å². The number of piperidine rings is 1. The highest BCUT2D eigenvalue weighted by Gasteiger charge is 2.21. The van der Waals surface area contributed by atoms with Crippen LogP contribution in [0.5, 0.6) is 0 Å². The van der Waals surface area contributed by atoms with Crippen LogP contribution in [0.15, 0.2) is 52.4 Å². The van der Waals surface area contributed by atoms with Gasteiger partial charge < -0.3 is 10.2 Å². The molecule has 1 aromatic heterocycles. The van der Waals surface area contributed by atoms with Crippen molar-refractivity contribution in [1.82, 2.24) is 14.9 Å². The maximum absolute atomic E-state index is 5.02. The van der Waals surface area contributed by atoms with Crippen LogP contribution in [0.3, 0.4) is 0 Å². The zero-order chi connectivity index (χ0) is 20.3. The molecule has 1 aliphatic carbocycles. The molecule has 1 saturated heterocycles. The smallest absolute Gasteiger partial charge is 0.224 e. The molecule has 1 N–H and O–H groups in total. The maximum Gasteiger partial charge on any atom is 0.224 e. The van der Waals surface area contributed by atoms with E-state index in [2.05, 4.69) is 59.7 Å². The fraction of sp³-hybridized carbons (Fsp3) is 0.440. The minimum Gasteiger partial charge on any atom is -0.354 e. The number of benzene rings is 2. The van der Waals surface area contributed by atoms with E-state index in [4.69, 9.17) is 9.97 Å². The second-order valence-electron chi connectivity index (χ2n) is 8.69. The Hall–Kier alpha value is -2.11. The Kier molecular flexibility index (Phi) is 5.91. The molecule has 0 spiro atoms. The Bertz CT molecular complexity index is 1020. The van der Waals surface area contributed by atoms with Gasteiger partial charge in [0.05, 0.1) is 5.69 Å². The summed E-state index contributed by atoms with van der Waals surface area (Å²) in [5.74, 6) is 1.53.